The molecule has 14 heavy (non-hydrogen) atoms. The molecule has 0 aromatic heterocycles. The maximum Gasteiger partial charge on any atom is 0.248 e. The summed E-state index contributed by atoms with van der Waals surface area (Å²) >= 11 is 0. The zero-order chi connectivity index (χ0) is 10.9. The Balaban J connectivity index is 3.36. The van der Waals surface area contributed by atoms with Gasteiger partial charge < -0.3 is 0 Å². The molecule has 0 saturated heterocycles. The summed E-state index contributed by atoms with van der Waals surface area (Å²) in [6, 6.07) is 4.68. The lowest BCUT2D eigenvalue weighted by molar-refractivity contribution is -0.109. The maximum atomic E-state index is 11.4. The lowest BCUT2D eigenvalue weighted by atomic mass is 10.1. The molecule has 0 atom stereocenters. The van der Waals surface area contributed by atoms with Gasteiger partial charge in [0.05, 0.1) is 4.90 Å². The predicted molar refractivity (Wildman–Crippen MR) is 53.8 cm³/mol. The molecule has 0 bridgehead atoms. The molecule has 1 rings (SSSR count). The van der Waals surface area contributed by atoms with Gasteiger partial charge in [0.25, 0.3) is 0 Å². The maximum absolute atomic E-state index is 11.4. The number of hydrogen-bond donors (Lipinski definition) is 0. The minimum Gasteiger partial charge on any atom is -0.282 e. The molecule has 0 saturated carbocycles. The Hall–Kier alpha value is -1.16. The van der Waals surface area contributed by atoms with Crippen molar-refractivity contribution in [2.24, 2.45) is 0 Å². The molecule has 0 aliphatic heterocycles. The van der Waals surface area contributed by atoms with E-state index in [1.54, 1.807) is 6.07 Å². The second kappa shape index (κ2) is 3.53. The standard InChI is InChI=1S/C10H12O3S/c1-7-4-5-10(6-8(7)2)14(12,13)9(3)11/h4-6H,1-3H3. The van der Waals surface area contributed by atoms with Gasteiger partial charge >= 0.3 is 0 Å². The summed E-state index contributed by atoms with van der Waals surface area (Å²) in [6.45, 7) is 4.76. The summed E-state index contributed by atoms with van der Waals surface area (Å²) in [6.07, 6.45) is 0. The summed E-state index contributed by atoms with van der Waals surface area (Å²) in [5.74, 6) is 0. The van der Waals surface area contributed by atoms with Gasteiger partial charge in [0.15, 0.2) is 0 Å². The number of carbonyl (C=O) groups excluding carboxylic acids is 1. The molecule has 0 unspecified atom stereocenters. The van der Waals surface area contributed by atoms with Crippen LogP contribution in [0.15, 0.2) is 23.1 Å². The molecule has 0 radical (unpaired) electrons. The van der Waals surface area contributed by atoms with Crippen LogP contribution in [0.3, 0.4) is 0 Å². The molecule has 76 valence electrons. The Kier molecular flexibility index (Phi) is 2.76. The number of rotatable bonds is 1. The molecule has 3 nitrogen and oxygen atoms in total. The van der Waals surface area contributed by atoms with E-state index in [4.69, 9.17) is 0 Å². The minimum atomic E-state index is -3.76. The zero-order valence-electron chi connectivity index (χ0n) is 8.37. The van der Waals surface area contributed by atoms with Gasteiger partial charge in [-0.1, -0.05) is 6.07 Å². The third kappa shape index (κ3) is 1.85. The number of aryl methyl sites for hydroxylation is 2. The van der Waals surface area contributed by atoms with E-state index in [-0.39, 0.29) is 4.90 Å². The topological polar surface area (TPSA) is 51.2 Å². The lowest BCUT2D eigenvalue weighted by Crippen LogP contribution is -2.11. The molecule has 0 N–H and O–H groups in total. The highest BCUT2D eigenvalue weighted by atomic mass is 32.2. The Morgan fingerprint density at radius 2 is 1.71 bits per heavy atom. The Labute approximate surface area is 83.7 Å². The fourth-order valence-corrected chi connectivity index (χ4v) is 1.96. The average Bonchev–Trinajstić information content (AvgIpc) is 2.09. The van der Waals surface area contributed by atoms with E-state index in [0.717, 1.165) is 18.1 Å². The highest BCUT2D eigenvalue weighted by Crippen LogP contribution is 2.16. The molecule has 0 amide bonds. The second-order valence-corrected chi connectivity index (χ2v) is 5.29. The molecular formula is C10H12O3S. The number of carbonyl (C=O) groups is 1. The third-order valence-electron chi connectivity index (χ3n) is 2.17. The summed E-state index contributed by atoms with van der Waals surface area (Å²) < 4.78 is 22.9. The fraction of sp³-hybridized carbons (Fsp3) is 0.300. The van der Waals surface area contributed by atoms with Crippen molar-refractivity contribution in [2.45, 2.75) is 25.7 Å². The van der Waals surface area contributed by atoms with Crippen molar-refractivity contribution in [1.29, 1.82) is 0 Å². The second-order valence-electron chi connectivity index (χ2n) is 3.24. The molecule has 0 spiro atoms. The van der Waals surface area contributed by atoms with Crippen molar-refractivity contribution in [3.63, 3.8) is 0 Å². The number of hydrogen-bond acceptors (Lipinski definition) is 3. The van der Waals surface area contributed by atoms with Gasteiger partial charge in [-0.2, -0.15) is 0 Å². The first kappa shape index (κ1) is 10.9. The van der Waals surface area contributed by atoms with Crippen LogP contribution in [-0.4, -0.2) is 13.5 Å². The predicted octanol–water partition coefficient (Wildman–Crippen LogP) is 1.62. The van der Waals surface area contributed by atoms with Crippen molar-refractivity contribution >= 4 is 15.0 Å². The first-order chi connectivity index (χ1) is 6.35. The quantitative estimate of drug-likeness (QED) is 0.710. The van der Waals surface area contributed by atoms with Crippen molar-refractivity contribution in [1.82, 2.24) is 0 Å². The van der Waals surface area contributed by atoms with Crippen molar-refractivity contribution < 1.29 is 13.2 Å². The van der Waals surface area contributed by atoms with Gasteiger partial charge in [-0.15, -0.1) is 0 Å². The molecular weight excluding hydrogens is 200 g/mol. The summed E-state index contributed by atoms with van der Waals surface area (Å²) in [7, 11) is -3.76. The van der Waals surface area contributed by atoms with Crippen molar-refractivity contribution in [2.75, 3.05) is 0 Å². The van der Waals surface area contributed by atoms with E-state index < -0.39 is 15.0 Å². The molecule has 0 fully saturated rings. The summed E-state index contributed by atoms with van der Waals surface area (Å²) in [4.78, 5) is 11.0. The minimum absolute atomic E-state index is 0.0769. The van der Waals surface area contributed by atoms with Crippen LogP contribution in [0.25, 0.3) is 0 Å². The van der Waals surface area contributed by atoms with Crippen LogP contribution in [0.1, 0.15) is 18.1 Å². The number of benzene rings is 1. The third-order valence-corrected chi connectivity index (χ3v) is 3.80. The largest absolute Gasteiger partial charge is 0.282 e. The van der Waals surface area contributed by atoms with E-state index in [1.165, 1.54) is 12.1 Å². The first-order valence-electron chi connectivity index (χ1n) is 4.18. The normalized spacial score (nSPS) is 11.4. The first-order valence-corrected chi connectivity index (χ1v) is 5.67. The van der Waals surface area contributed by atoms with E-state index >= 15 is 0 Å². The smallest absolute Gasteiger partial charge is 0.248 e. The van der Waals surface area contributed by atoms with Crippen molar-refractivity contribution in [3.05, 3.63) is 29.3 Å². The van der Waals surface area contributed by atoms with Gasteiger partial charge in [0.1, 0.15) is 0 Å². The van der Waals surface area contributed by atoms with Crippen LogP contribution in [0, 0.1) is 13.8 Å². The van der Waals surface area contributed by atoms with Crippen LogP contribution in [0.4, 0.5) is 0 Å². The highest BCUT2D eigenvalue weighted by molar-refractivity contribution is 8.06. The van der Waals surface area contributed by atoms with Gasteiger partial charge in [0.2, 0.25) is 15.0 Å². The van der Waals surface area contributed by atoms with Crippen LogP contribution in [-0.2, 0) is 14.6 Å². The van der Waals surface area contributed by atoms with Gasteiger partial charge in [0, 0.05) is 6.92 Å². The summed E-state index contributed by atoms with van der Waals surface area (Å²) in [5, 5.41) is -0.819. The molecule has 1 aromatic carbocycles. The van der Waals surface area contributed by atoms with Gasteiger partial charge in [-0.25, -0.2) is 8.42 Å². The number of sulfone groups is 1. The van der Waals surface area contributed by atoms with E-state index in [0.29, 0.717) is 0 Å². The van der Waals surface area contributed by atoms with Gasteiger partial charge in [-0.05, 0) is 37.1 Å². The molecule has 0 aliphatic carbocycles. The Morgan fingerprint density at radius 3 is 2.14 bits per heavy atom. The van der Waals surface area contributed by atoms with Gasteiger partial charge in [-0.3, -0.25) is 4.79 Å². The van der Waals surface area contributed by atoms with Crippen LogP contribution in [0.5, 0.6) is 0 Å². The van der Waals surface area contributed by atoms with E-state index in [1.807, 2.05) is 13.8 Å². The monoisotopic (exact) mass is 212 g/mol. The summed E-state index contributed by atoms with van der Waals surface area (Å²) in [5.41, 5.74) is 1.87. The lowest BCUT2D eigenvalue weighted by Gasteiger charge is -2.03. The Bertz CT molecular complexity index is 472. The van der Waals surface area contributed by atoms with Crippen LogP contribution < -0.4 is 0 Å². The van der Waals surface area contributed by atoms with Crippen LogP contribution >= 0.6 is 0 Å². The van der Waals surface area contributed by atoms with E-state index in [2.05, 4.69) is 0 Å². The molecule has 0 aliphatic rings. The van der Waals surface area contributed by atoms with E-state index in [9.17, 15) is 13.2 Å². The highest BCUT2D eigenvalue weighted by Gasteiger charge is 2.20. The molecule has 4 heteroatoms. The Morgan fingerprint density at radius 1 is 1.14 bits per heavy atom. The van der Waals surface area contributed by atoms with Crippen molar-refractivity contribution in [3.8, 4) is 0 Å². The molecule has 0 heterocycles. The fourth-order valence-electron chi connectivity index (χ4n) is 1.05. The SMILES string of the molecule is CC(=O)S(=O)(=O)c1ccc(C)c(C)c1. The molecule has 1 aromatic rings. The average molecular weight is 212 g/mol. The van der Waals surface area contributed by atoms with Crippen LogP contribution in [0.2, 0.25) is 0 Å². The zero-order valence-corrected chi connectivity index (χ0v) is 9.18.